The zero-order valence-electron chi connectivity index (χ0n) is 11.7. The Balaban J connectivity index is 1.89. The van der Waals surface area contributed by atoms with E-state index >= 15 is 0 Å². The molecule has 108 valence electrons. The Bertz CT molecular complexity index is 534. The van der Waals surface area contributed by atoms with E-state index in [9.17, 15) is 4.79 Å². The molecule has 1 unspecified atom stereocenters. The molecular weight excluding hydrogens is 290 g/mol. The fourth-order valence-electron chi connectivity index (χ4n) is 1.99. The highest BCUT2D eigenvalue weighted by Gasteiger charge is 2.11. The minimum absolute atomic E-state index is 0.184. The molecule has 0 aliphatic carbocycles. The summed E-state index contributed by atoms with van der Waals surface area (Å²) in [5, 5.41) is 5.68. The fourth-order valence-corrected chi connectivity index (χ4v) is 3.83. The Morgan fingerprint density at radius 2 is 2.15 bits per heavy atom. The van der Waals surface area contributed by atoms with Gasteiger partial charge in [-0.25, -0.2) is 0 Å². The smallest absolute Gasteiger partial charge is 0.310 e. The highest BCUT2D eigenvalue weighted by atomic mass is 32.1. The van der Waals surface area contributed by atoms with Crippen LogP contribution in [0.3, 0.4) is 0 Å². The van der Waals surface area contributed by atoms with Crippen LogP contribution in [0.25, 0.3) is 0 Å². The van der Waals surface area contributed by atoms with Crippen molar-refractivity contribution < 1.29 is 9.53 Å². The predicted molar refractivity (Wildman–Crippen MR) is 84.2 cm³/mol. The van der Waals surface area contributed by atoms with Crippen molar-refractivity contribution in [2.45, 2.75) is 32.4 Å². The average molecular weight is 309 g/mol. The number of hydrogen-bond donors (Lipinski definition) is 1. The van der Waals surface area contributed by atoms with Gasteiger partial charge in [0.1, 0.15) is 0 Å². The summed E-state index contributed by atoms with van der Waals surface area (Å²) in [5.41, 5.74) is 0. The maximum Gasteiger partial charge on any atom is 0.310 e. The number of hydrogen-bond acceptors (Lipinski definition) is 5. The largest absolute Gasteiger partial charge is 0.469 e. The van der Waals surface area contributed by atoms with E-state index in [-0.39, 0.29) is 5.97 Å². The summed E-state index contributed by atoms with van der Waals surface area (Å²) in [6.45, 7) is 3.02. The molecule has 2 aromatic heterocycles. The maximum atomic E-state index is 11.2. The standard InChI is InChI=1S/C15H19NO2S2/c1-3-13(14-5-4-8-19-14)16-10-12-7-6-11(20-12)9-15(17)18-2/h4-8,13,16H,3,9-10H2,1-2H3. The molecule has 2 aromatic rings. The van der Waals surface area contributed by atoms with Crippen molar-refractivity contribution in [1.82, 2.24) is 5.32 Å². The van der Waals surface area contributed by atoms with Gasteiger partial charge in [0.25, 0.3) is 0 Å². The summed E-state index contributed by atoms with van der Waals surface area (Å²) < 4.78 is 4.68. The SMILES string of the molecule is CCC(NCc1ccc(CC(=O)OC)s1)c1cccs1. The van der Waals surface area contributed by atoms with E-state index in [0.29, 0.717) is 12.5 Å². The van der Waals surface area contributed by atoms with Gasteiger partial charge in [-0.2, -0.15) is 0 Å². The number of methoxy groups -OCH3 is 1. The van der Waals surface area contributed by atoms with Gasteiger partial charge in [0, 0.05) is 27.2 Å². The number of thiophene rings is 2. The first-order valence-electron chi connectivity index (χ1n) is 6.64. The molecular formula is C15H19NO2S2. The fraction of sp³-hybridized carbons (Fsp3) is 0.400. The number of carbonyl (C=O) groups excluding carboxylic acids is 1. The van der Waals surface area contributed by atoms with Crippen molar-refractivity contribution in [3.05, 3.63) is 44.3 Å². The molecule has 0 aromatic carbocycles. The van der Waals surface area contributed by atoms with Gasteiger partial charge in [0.2, 0.25) is 0 Å². The minimum atomic E-state index is -0.184. The van der Waals surface area contributed by atoms with Gasteiger partial charge >= 0.3 is 5.97 Å². The molecule has 0 aliphatic heterocycles. The molecule has 0 saturated carbocycles. The third-order valence-corrected chi connectivity index (χ3v) is 5.15. The second-order valence-corrected chi connectivity index (χ2v) is 6.71. The first-order valence-corrected chi connectivity index (χ1v) is 8.33. The zero-order valence-corrected chi connectivity index (χ0v) is 13.4. The van der Waals surface area contributed by atoms with Crippen molar-refractivity contribution in [2.75, 3.05) is 7.11 Å². The molecule has 3 nitrogen and oxygen atoms in total. The second-order valence-electron chi connectivity index (χ2n) is 4.48. The van der Waals surface area contributed by atoms with Crippen LogP contribution in [0.15, 0.2) is 29.6 Å². The van der Waals surface area contributed by atoms with Crippen molar-refractivity contribution >= 4 is 28.6 Å². The van der Waals surface area contributed by atoms with E-state index < -0.39 is 0 Å². The molecule has 2 heterocycles. The Kier molecular flexibility index (Phi) is 5.76. The molecule has 1 atom stereocenters. The van der Waals surface area contributed by atoms with Crippen LogP contribution in [0.2, 0.25) is 0 Å². The number of nitrogens with one attached hydrogen (secondary N) is 1. The van der Waals surface area contributed by atoms with Gasteiger partial charge in [-0.15, -0.1) is 22.7 Å². The van der Waals surface area contributed by atoms with E-state index in [1.807, 2.05) is 6.07 Å². The van der Waals surface area contributed by atoms with Crippen LogP contribution < -0.4 is 5.32 Å². The van der Waals surface area contributed by atoms with E-state index in [1.165, 1.54) is 16.9 Å². The topological polar surface area (TPSA) is 38.3 Å². The Hall–Kier alpha value is -1.17. The van der Waals surface area contributed by atoms with Crippen LogP contribution in [0, 0.1) is 0 Å². The molecule has 0 saturated heterocycles. The van der Waals surface area contributed by atoms with Crippen LogP contribution in [-0.4, -0.2) is 13.1 Å². The second kappa shape index (κ2) is 7.57. The number of rotatable bonds is 7. The lowest BCUT2D eigenvalue weighted by atomic mass is 10.2. The number of ether oxygens (including phenoxy) is 1. The minimum Gasteiger partial charge on any atom is -0.469 e. The average Bonchev–Trinajstić information content (AvgIpc) is 3.11. The Labute approximate surface area is 127 Å². The summed E-state index contributed by atoms with van der Waals surface area (Å²) in [5.74, 6) is -0.184. The van der Waals surface area contributed by atoms with E-state index in [0.717, 1.165) is 17.8 Å². The molecule has 0 aliphatic rings. The summed E-state index contributed by atoms with van der Waals surface area (Å²) in [6, 6.07) is 8.75. The Morgan fingerprint density at radius 1 is 1.35 bits per heavy atom. The summed E-state index contributed by atoms with van der Waals surface area (Å²) in [4.78, 5) is 14.9. The molecule has 5 heteroatoms. The first kappa shape index (κ1) is 15.2. The van der Waals surface area contributed by atoms with Crippen molar-refractivity contribution in [2.24, 2.45) is 0 Å². The van der Waals surface area contributed by atoms with Crippen LogP contribution in [0.4, 0.5) is 0 Å². The van der Waals surface area contributed by atoms with Gasteiger partial charge in [-0.1, -0.05) is 13.0 Å². The molecule has 0 radical (unpaired) electrons. The molecule has 0 fully saturated rings. The molecule has 1 N–H and O–H groups in total. The normalized spacial score (nSPS) is 12.3. The van der Waals surface area contributed by atoms with Crippen molar-refractivity contribution in [3.8, 4) is 0 Å². The van der Waals surface area contributed by atoms with Gasteiger partial charge in [0.05, 0.1) is 13.5 Å². The summed E-state index contributed by atoms with van der Waals surface area (Å²) >= 11 is 3.45. The van der Waals surface area contributed by atoms with Crippen molar-refractivity contribution in [3.63, 3.8) is 0 Å². The summed E-state index contributed by atoms with van der Waals surface area (Å²) in [7, 11) is 1.42. The maximum absolute atomic E-state index is 11.2. The molecule has 0 bridgehead atoms. The van der Waals surface area contributed by atoms with E-state index in [4.69, 9.17) is 0 Å². The molecule has 20 heavy (non-hydrogen) atoms. The lowest BCUT2D eigenvalue weighted by Crippen LogP contribution is -2.18. The predicted octanol–water partition coefficient (Wildman–Crippen LogP) is 3.77. The lowest BCUT2D eigenvalue weighted by Gasteiger charge is -2.14. The zero-order chi connectivity index (χ0) is 14.4. The van der Waals surface area contributed by atoms with Gasteiger partial charge < -0.3 is 10.1 Å². The highest BCUT2D eigenvalue weighted by Crippen LogP contribution is 2.23. The van der Waals surface area contributed by atoms with Gasteiger partial charge in [-0.05, 0) is 30.0 Å². The third-order valence-electron chi connectivity index (χ3n) is 3.08. The van der Waals surface area contributed by atoms with Crippen molar-refractivity contribution in [1.29, 1.82) is 0 Å². The highest BCUT2D eigenvalue weighted by molar-refractivity contribution is 7.12. The van der Waals surface area contributed by atoms with E-state index in [1.54, 1.807) is 22.7 Å². The molecule has 0 spiro atoms. The van der Waals surface area contributed by atoms with Crippen LogP contribution in [-0.2, 0) is 22.5 Å². The Morgan fingerprint density at radius 3 is 2.80 bits per heavy atom. The quantitative estimate of drug-likeness (QED) is 0.791. The molecule has 0 amide bonds. The van der Waals surface area contributed by atoms with Gasteiger partial charge in [0.15, 0.2) is 0 Å². The molecule has 2 rings (SSSR count). The van der Waals surface area contributed by atoms with Crippen LogP contribution in [0.1, 0.15) is 34.0 Å². The van der Waals surface area contributed by atoms with Crippen LogP contribution >= 0.6 is 22.7 Å². The monoisotopic (exact) mass is 309 g/mol. The van der Waals surface area contributed by atoms with E-state index in [2.05, 4.69) is 40.6 Å². The first-order chi connectivity index (χ1) is 9.72. The summed E-state index contributed by atoms with van der Waals surface area (Å²) in [6.07, 6.45) is 1.43. The van der Waals surface area contributed by atoms with Crippen LogP contribution in [0.5, 0.6) is 0 Å². The number of esters is 1. The van der Waals surface area contributed by atoms with Gasteiger partial charge in [-0.3, -0.25) is 4.79 Å². The lowest BCUT2D eigenvalue weighted by molar-refractivity contribution is -0.139. The third kappa shape index (κ3) is 4.16. The number of carbonyl (C=O) groups is 1.